The maximum Gasteiger partial charge on any atom is 0.326 e. The van der Waals surface area contributed by atoms with E-state index in [1.165, 1.54) is 36.4 Å². The van der Waals surface area contributed by atoms with Gasteiger partial charge in [0.25, 0.3) is 0 Å². The Morgan fingerprint density at radius 1 is 0.974 bits per heavy atom. The van der Waals surface area contributed by atoms with Gasteiger partial charge in [-0.2, -0.15) is 11.8 Å². The number of aliphatic carboxylic acids is 1. The average molecular weight is 563 g/mol. The minimum Gasteiger partial charge on any atom is -0.508 e. The first-order valence-electron chi connectivity index (χ1n) is 12.6. The molecular formula is C26H38N6O6S. The monoisotopic (exact) mass is 562 g/mol. The standard InChI is InChI=1S/C26H38N6O6S/c1-15(2)10-21(31-23(34)19(27)11-16-4-6-18(33)7-5-16)24(35)32-22(12-17-13-28-14-29-17)25(36)30-20(26(37)38)8-9-39-3/h4-7,13-15,19-22,33H,8-12,27H2,1-3H3,(H,28,29)(H,30,36)(H,31,34)(H,32,35)(H,37,38). The number of amides is 3. The number of phenols is 1. The van der Waals surface area contributed by atoms with E-state index in [9.17, 15) is 29.4 Å². The number of carboxylic acids is 1. The molecule has 214 valence electrons. The van der Waals surface area contributed by atoms with Crippen LogP contribution in [0.5, 0.6) is 5.75 Å². The van der Waals surface area contributed by atoms with E-state index in [4.69, 9.17) is 5.73 Å². The normalized spacial score (nSPS) is 14.2. The van der Waals surface area contributed by atoms with E-state index in [0.717, 1.165) is 5.56 Å². The zero-order valence-electron chi connectivity index (χ0n) is 22.3. The van der Waals surface area contributed by atoms with Gasteiger partial charge >= 0.3 is 5.97 Å². The van der Waals surface area contributed by atoms with Gasteiger partial charge in [-0.25, -0.2) is 9.78 Å². The molecule has 0 spiro atoms. The predicted octanol–water partition coefficient (Wildman–Crippen LogP) is 0.566. The molecule has 2 rings (SSSR count). The number of imidazole rings is 1. The SMILES string of the molecule is CSCCC(NC(=O)C(Cc1cnc[nH]1)NC(=O)C(CC(C)C)NC(=O)C(N)Cc1ccc(O)cc1)C(=O)O. The first-order chi connectivity index (χ1) is 18.5. The largest absolute Gasteiger partial charge is 0.508 e. The minimum absolute atomic E-state index is 0.0252. The third-order valence-corrected chi connectivity index (χ3v) is 6.55. The highest BCUT2D eigenvalue weighted by Crippen LogP contribution is 2.12. The fourth-order valence-electron chi connectivity index (χ4n) is 3.82. The highest BCUT2D eigenvalue weighted by Gasteiger charge is 2.31. The van der Waals surface area contributed by atoms with Gasteiger partial charge in [-0.3, -0.25) is 14.4 Å². The topological polar surface area (TPSA) is 200 Å². The van der Waals surface area contributed by atoms with Crippen molar-refractivity contribution in [2.24, 2.45) is 11.7 Å². The predicted molar refractivity (Wildman–Crippen MR) is 148 cm³/mol. The molecule has 12 nitrogen and oxygen atoms in total. The van der Waals surface area contributed by atoms with Crippen LogP contribution >= 0.6 is 11.8 Å². The van der Waals surface area contributed by atoms with E-state index in [1.807, 2.05) is 20.1 Å². The number of phenolic OH excluding ortho intramolecular Hbond substituents is 1. The van der Waals surface area contributed by atoms with E-state index in [2.05, 4.69) is 25.9 Å². The summed E-state index contributed by atoms with van der Waals surface area (Å²) >= 11 is 1.46. The Balaban J connectivity index is 2.15. The van der Waals surface area contributed by atoms with Crippen molar-refractivity contribution < 1.29 is 29.4 Å². The van der Waals surface area contributed by atoms with Crippen LogP contribution in [0.15, 0.2) is 36.8 Å². The summed E-state index contributed by atoms with van der Waals surface area (Å²) in [6, 6.07) is 2.14. The highest BCUT2D eigenvalue weighted by molar-refractivity contribution is 7.98. The number of carbonyl (C=O) groups excluding carboxylic acids is 3. The lowest BCUT2D eigenvalue weighted by atomic mass is 10.0. The van der Waals surface area contributed by atoms with E-state index in [1.54, 1.807) is 12.1 Å². The summed E-state index contributed by atoms with van der Waals surface area (Å²) in [5.74, 6) is -2.32. The van der Waals surface area contributed by atoms with Gasteiger partial charge in [-0.05, 0) is 54.9 Å². The number of nitrogens with two attached hydrogens (primary N) is 1. The van der Waals surface area contributed by atoms with Crippen LogP contribution in [0.1, 0.15) is 37.9 Å². The fraction of sp³-hybridized carbons (Fsp3) is 0.500. The first kappa shape index (κ1) is 31.6. The Labute approximate surface area is 231 Å². The second kappa shape index (κ2) is 15.7. The lowest BCUT2D eigenvalue weighted by Gasteiger charge is -2.26. The van der Waals surface area contributed by atoms with Crippen molar-refractivity contribution in [3.63, 3.8) is 0 Å². The maximum atomic E-state index is 13.3. The molecule has 4 unspecified atom stereocenters. The van der Waals surface area contributed by atoms with Crippen LogP contribution < -0.4 is 21.7 Å². The lowest BCUT2D eigenvalue weighted by Crippen LogP contribution is -2.58. The molecule has 0 aliphatic rings. The number of aromatic amines is 1. The molecule has 13 heteroatoms. The molecular weight excluding hydrogens is 524 g/mol. The van der Waals surface area contributed by atoms with Crippen LogP contribution in [0.2, 0.25) is 0 Å². The summed E-state index contributed by atoms with van der Waals surface area (Å²) in [4.78, 5) is 57.8. The minimum atomic E-state index is -1.17. The Hall–Kier alpha value is -3.58. The molecule has 1 aromatic heterocycles. The van der Waals surface area contributed by atoms with Crippen molar-refractivity contribution in [1.82, 2.24) is 25.9 Å². The second-order valence-electron chi connectivity index (χ2n) is 9.69. The third kappa shape index (κ3) is 11.0. The van der Waals surface area contributed by atoms with E-state index < -0.39 is 47.9 Å². The van der Waals surface area contributed by atoms with E-state index in [0.29, 0.717) is 11.4 Å². The maximum absolute atomic E-state index is 13.3. The van der Waals surface area contributed by atoms with E-state index >= 15 is 0 Å². The van der Waals surface area contributed by atoms with E-state index in [-0.39, 0.29) is 37.4 Å². The van der Waals surface area contributed by atoms with Crippen LogP contribution in [0.4, 0.5) is 0 Å². The van der Waals surface area contributed by atoms with Crippen molar-refractivity contribution in [3.8, 4) is 5.75 Å². The first-order valence-corrected chi connectivity index (χ1v) is 14.0. The van der Waals surface area contributed by atoms with Crippen LogP contribution in [-0.4, -0.2) is 80.0 Å². The molecule has 0 aliphatic carbocycles. The summed E-state index contributed by atoms with van der Waals surface area (Å²) in [5, 5.41) is 26.9. The quantitative estimate of drug-likeness (QED) is 0.153. The van der Waals surface area contributed by atoms with Crippen molar-refractivity contribution >= 4 is 35.5 Å². The number of aromatic hydroxyl groups is 1. The molecule has 3 amide bonds. The van der Waals surface area contributed by atoms with Crippen LogP contribution in [0, 0.1) is 5.92 Å². The smallest absolute Gasteiger partial charge is 0.326 e. The number of hydrogen-bond acceptors (Lipinski definition) is 8. The molecule has 0 bridgehead atoms. The number of nitrogens with one attached hydrogen (secondary N) is 4. The molecule has 1 aromatic carbocycles. The molecule has 0 saturated heterocycles. The number of H-pyrrole nitrogens is 1. The molecule has 1 heterocycles. The summed E-state index contributed by atoms with van der Waals surface area (Å²) in [5.41, 5.74) is 7.39. The number of benzene rings is 1. The summed E-state index contributed by atoms with van der Waals surface area (Å²) in [6.07, 6.45) is 5.51. The van der Waals surface area contributed by atoms with Gasteiger partial charge in [0.1, 0.15) is 23.9 Å². The van der Waals surface area contributed by atoms with Gasteiger partial charge < -0.3 is 36.9 Å². The molecule has 2 aromatic rings. The Morgan fingerprint density at radius 2 is 1.59 bits per heavy atom. The van der Waals surface area contributed by atoms with Gasteiger partial charge in [0.05, 0.1) is 12.4 Å². The summed E-state index contributed by atoms with van der Waals surface area (Å²) < 4.78 is 0. The number of nitrogens with zero attached hydrogens (tertiary/aromatic N) is 1. The van der Waals surface area contributed by atoms with Crippen molar-refractivity contribution in [1.29, 1.82) is 0 Å². The van der Waals surface area contributed by atoms with Crippen LogP contribution in [0.25, 0.3) is 0 Å². The molecule has 0 radical (unpaired) electrons. The van der Waals surface area contributed by atoms with Crippen molar-refractivity contribution in [2.45, 2.75) is 63.7 Å². The lowest BCUT2D eigenvalue weighted by molar-refractivity contribution is -0.142. The van der Waals surface area contributed by atoms with Gasteiger partial charge in [-0.1, -0.05) is 26.0 Å². The third-order valence-electron chi connectivity index (χ3n) is 5.91. The number of rotatable bonds is 16. The van der Waals surface area contributed by atoms with Crippen molar-refractivity contribution in [2.75, 3.05) is 12.0 Å². The van der Waals surface area contributed by atoms with Crippen molar-refractivity contribution in [3.05, 3.63) is 48.0 Å². The van der Waals surface area contributed by atoms with Gasteiger partial charge in [0, 0.05) is 18.3 Å². The second-order valence-corrected chi connectivity index (χ2v) is 10.7. The zero-order valence-corrected chi connectivity index (χ0v) is 23.2. The number of carbonyl (C=O) groups is 4. The van der Waals surface area contributed by atoms with Gasteiger partial charge in [0.15, 0.2) is 0 Å². The Bertz CT molecular complexity index is 1080. The Morgan fingerprint density at radius 3 is 2.15 bits per heavy atom. The summed E-state index contributed by atoms with van der Waals surface area (Å²) in [7, 11) is 0. The van der Waals surface area contributed by atoms with Crippen LogP contribution in [0.3, 0.4) is 0 Å². The highest BCUT2D eigenvalue weighted by atomic mass is 32.2. The van der Waals surface area contributed by atoms with Gasteiger partial charge in [-0.15, -0.1) is 0 Å². The molecule has 8 N–H and O–H groups in total. The molecule has 0 aliphatic heterocycles. The molecule has 4 atom stereocenters. The van der Waals surface area contributed by atoms with Crippen LogP contribution in [-0.2, 0) is 32.0 Å². The number of thioether (sulfide) groups is 1. The molecule has 39 heavy (non-hydrogen) atoms. The average Bonchev–Trinajstić information content (AvgIpc) is 3.39. The van der Waals surface area contributed by atoms with Gasteiger partial charge in [0.2, 0.25) is 17.7 Å². The number of hydrogen-bond donors (Lipinski definition) is 7. The number of carboxylic acid groups (broad SMARTS) is 1. The molecule has 0 fully saturated rings. The number of aromatic nitrogens is 2. The zero-order chi connectivity index (χ0) is 28.9. The molecule has 0 saturated carbocycles. The summed E-state index contributed by atoms with van der Waals surface area (Å²) in [6.45, 7) is 3.78. The fourth-order valence-corrected chi connectivity index (χ4v) is 4.29. The Kier molecular flexibility index (Phi) is 12.8.